The molecule has 1 amide bonds. The predicted octanol–water partition coefficient (Wildman–Crippen LogP) is 3.77. The van der Waals surface area contributed by atoms with Gasteiger partial charge in [-0.1, -0.05) is 36.4 Å². The van der Waals surface area contributed by atoms with Crippen LogP contribution < -0.4 is 19.7 Å². The van der Waals surface area contributed by atoms with E-state index in [1.54, 1.807) is 24.3 Å². The van der Waals surface area contributed by atoms with E-state index in [9.17, 15) is 4.79 Å². The normalized spacial score (nSPS) is 10.3. The number of hydrogen-bond donors (Lipinski definition) is 1. The first-order chi connectivity index (χ1) is 14.2. The molecule has 7 heteroatoms. The Bertz CT molecular complexity index is 924. The van der Waals surface area contributed by atoms with E-state index in [1.807, 2.05) is 24.3 Å². The SMILES string of the molecule is CCN(Cc1ccccc1)c1ccc(NC(=O)c2c(OC)cccc2OC)nn1. The molecule has 0 unspecified atom stereocenters. The quantitative estimate of drug-likeness (QED) is 0.629. The molecule has 150 valence electrons. The van der Waals surface area contributed by atoms with Crippen LogP contribution in [0.25, 0.3) is 0 Å². The van der Waals surface area contributed by atoms with E-state index < -0.39 is 0 Å². The van der Waals surface area contributed by atoms with Crippen LogP contribution in [0.1, 0.15) is 22.8 Å². The number of carbonyl (C=O) groups is 1. The molecule has 29 heavy (non-hydrogen) atoms. The molecule has 0 bridgehead atoms. The summed E-state index contributed by atoms with van der Waals surface area (Å²) >= 11 is 0. The van der Waals surface area contributed by atoms with E-state index in [-0.39, 0.29) is 5.91 Å². The number of ether oxygens (including phenoxy) is 2. The second kappa shape index (κ2) is 9.54. The number of hydrogen-bond acceptors (Lipinski definition) is 6. The number of nitrogens with zero attached hydrogens (tertiary/aromatic N) is 3. The Kier molecular flexibility index (Phi) is 6.63. The summed E-state index contributed by atoms with van der Waals surface area (Å²) in [6.07, 6.45) is 0. The molecule has 0 radical (unpaired) electrons. The smallest absolute Gasteiger partial charge is 0.264 e. The number of methoxy groups -OCH3 is 2. The molecule has 0 fully saturated rings. The van der Waals surface area contributed by atoms with Gasteiger partial charge in [0.15, 0.2) is 11.6 Å². The van der Waals surface area contributed by atoms with Crippen molar-refractivity contribution in [3.8, 4) is 11.5 Å². The molecular weight excluding hydrogens is 368 g/mol. The van der Waals surface area contributed by atoms with Crippen molar-refractivity contribution in [3.63, 3.8) is 0 Å². The third-order valence-corrected chi connectivity index (χ3v) is 4.47. The van der Waals surface area contributed by atoms with Gasteiger partial charge in [0.25, 0.3) is 5.91 Å². The van der Waals surface area contributed by atoms with Gasteiger partial charge >= 0.3 is 0 Å². The zero-order chi connectivity index (χ0) is 20.6. The zero-order valence-corrected chi connectivity index (χ0v) is 16.8. The first-order valence-electron chi connectivity index (χ1n) is 9.31. The second-order valence-electron chi connectivity index (χ2n) is 6.27. The van der Waals surface area contributed by atoms with Gasteiger partial charge in [-0.25, -0.2) is 0 Å². The van der Waals surface area contributed by atoms with Crippen LogP contribution in [0, 0.1) is 0 Å². The van der Waals surface area contributed by atoms with E-state index in [1.165, 1.54) is 19.8 Å². The van der Waals surface area contributed by atoms with Crippen molar-refractivity contribution in [3.05, 3.63) is 71.8 Å². The maximum Gasteiger partial charge on any atom is 0.264 e. The van der Waals surface area contributed by atoms with Crippen LogP contribution in [0.4, 0.5) is 11.6 Å². The first kappa shape index (κ1) is 20.1. The summed E-state index contributed by atoms with van der Waals surface area (Å²) in [5.41, 5.74) is 1.50. The van der Waals surface area contributed by atoms with Gasteiger partial charge in [-0.3, -0.25) is 4.79 Å². The molecule has 1 aromatic heterocycles. The van der Waals surface area contributed by atoms with Crippen LogP contribution in [0.5, 0.6) is 11.5 Å². The lowest BCUT2D eigenvalue weighted by Crippen LogP contribution is -2.23. The lowest BCUT2D eigenvalue weighted by Gasteiger charge is -2.21. The molecule has 0 saturated heterocycles. The van der Waals surface area contributed by atoms with Crippen LogP contribution in [-0.2, 0) is 6.54 Å². The summed E-state index contributed by atoms with van der Waals surface area (Å²) in [5.74, 6) is 1.56. The number of carbonyl (C=O) groups excluding carboxylic acids is 1. The van der Waals surface area contributed by atoms with Crippen LogP contribution >= 0.6 is 0 Å². The van der Waals surface area contributed by atoms with Gasteiger partial charge < -0.3 is 19.7 Å². The van der Waals surface area contributed by atoms with Crippen LogP contribution in [-0.4, -0.2) is 36.9 Å². The summed E-state index contributed by atoms with van der Waals surface area (Å²) in [6, 6.07) is 18.9. The van der Waals surface area contributed by atoms with E-state index in [4.69, 9.17) is 9.47 Å². The number of amides is 1. The molecule has 1 N–H and O–H groups in total. The van der Waals surface area contributed by atoms with Crippen molar-refractivity contribution in [2.75, 3.05) is 31.0 Å². The van der Waals surface area contributed by atoms with E-state index in [0.29, 0.717) is 22.9 Å². The van der Waals surface area contributed by atoms with Gasteiger partial charge in [0.2, 0.25) is 0 Å². The number of anilines is 2. The molecule has 0 saturated carbocycles. The maximum atomic E-state index is 12.7. The molecule has 7 nitrogen and oxygen atoms in total. The second-order valence-corrected chi connectivity index (χ2v) is 6.27. The minimum atomic E-state index is -0.377. The predicted molar refractivity (Wildman–Crippen MR) is 113 cm³/mol. The van der Waals surface area contributed by atoms with Crippen LogP contribution in [0.15, 0.2) is 60.7 Å². The third kappa shape index (κ3) is 4.82. The number of nitrogens with one attached hydrogen (secondary N) is 1. The molecule has 2 aromatic carbocycles. The highest BCUT2D eigenvalue weighted by Gasteiger charge is 2.19. The van der Waals surface area contributed by atoms with Crippen LogP contribution in [0.3, 0.4) is 0 Å². The molecule has 0 aliphatic heterocycles. The minimum Gasteiger partial charge on any atom is -0.496 e. The van der Waals surface area contributed by atoms with Crippen molar-refractivity contribution in [1.82, 2.24) is 10.2 Å². The van der Waals surface area contributed by atoms with Crippen molar-refractivity contribution in [2.45, 2.75) is 13.5 Å². The molecule has 0 aliphatic rings. The van der Waals surface area contributed by atoms with E-state index >= 15 is 0 Å². The van der Waals surface area contributed by atoms with E-state index in [2.05, 4.69) is 39.5 Å². The number of aromatic nitrogens is 2. The van der Waals surface area contributed by atoms with Gasteiger partial charge in [0.05, 0.1) is 14.2 Å². The lowest BCUT2D eigenvalue weighted by molar-refractivity contribution is 0.102. The summed E-state index contributed by atoms with van der Waals surface area (Å²) < 4.78 is 10.6. The highest BCUT2D eigenvalue weighted by atomic mass is 16.5. The molecule has 3 rings (SSSR count). The summed E-state index contributed by atoms with van der Waals surface area (Å²) in [4.78, 5) is 14.8. The molecule has 0 spiro atoms. The standard InChI is InChI=1S/C22H24N4O3/c1-4-26(15-16-9-6-5-7-10-16)20-14-13-19(24-25-20)23-22(27)21-17(28-2)11-8-12-18(21)29-3/h5-14H,4,15H2,1-3H3,(H,23,24,27). The van der Waals surface area contributed by atoms with Crippen LogP contribution in [0.2, 0.25) is 0 Å². The number of rotatable bonds is 8. The summed E-state index contributed by atoms with van der Waals surface area (Å²) in [5, 5.41) is 11.2. The van der Waals surface area contributed by atoms with Gasteiger partial charge in [0.1, 0.15) is 17.1 Å². The fraction of sp³-hybridized carbons (Fsp3) is 0.227. The van der Waals surface area contributed by atoms with Crippen molar-refractivity contribution < 1.29 is 14.3 Å². The average molecular weight is 392 g/mol. The molecule has 0 aliphatic carbocycles. The summed E-state index contributed by atoms with van der Waals surface area (Å²) in [7, 11) is 3.01. The Morgan fingerprint density at radius 3 is 2.17 bits per heavy atom. The molecule has 1 heterocycles. The van der Waals surface area contributed by atoms with Crippen molar-refractivity contribution >= 4 is 17.5 Å². The highest BCUT2D eigenvalue weighted by molar-refractivity contribution is 6.07. The fourth-order valence-electron chi connectivity index (χ4n) is 2.97. The largest absolute Gasteiger partial charge is 0.496 e. The Balaban J connectivity index is 1.74. The van der Waals surface area contributed by atoms with E-state index in [0.717, 1.165) is 18.9 Å². The Morgan fingerprint density at radius 1 is 0.931 bits per heavy atom. The van der Waals surface area contributed by atoms with Gasteiger partial charge in [-0.15, -0.1) is 10.2 Å². The van der Waals surface area contributed by atoms with Gasteiger partial charge in [0, 0.05) is 13.1 Å². The Labute approximate surface area is 170 Å². The van der Waals surface area contributed by atoms with Crippen molar-refractivity contribution in [1.29, 1.82) is 0 Å². The number of benzene rings is 2. The molecular formula is C22H24N4O3. The molecule has 3 aromatic rings. The fourth-order valence-corrected chi connectivity index (χ4v) is 2.97. The topological polar surface area (TPSA) is 76.6 Å². The summed E-state index contributed by atoms with van der Waals surface area (Å²) in [6.45, 7) is 3.58. The Morgan fingerprint density at radius 2 is 1.62 bits per heavy atom. The average Bonchev–Trinajstić information content (AvgIpc) is 2.78. The maximum absolute atomic E-state index is 12.7. The monoisotopic (exact) mass is 392 g/mol. The van der Waals surface area contributed by atoms with Crippen molar-refractivity contribution in [2.24, 2.45) is 0 Å². The highest BCUT2D eigenvalue weighted by Crippen LogP contribution is 2.29. The van der Waals surface area contributed by atoms with Gasteiger partial charge in [-0.2, -0.15) is 0 Å². The Hall–Kier alpha value is -3.61. The zero-order valence-electron chi connectivity index (χ0n) is 16.8. The first-order valence-corrected chi connectivity index (χ1v) is 9.31. The minimum absolute atomic E-state index is 0.308. The lowest BCUT2D eigenvalue weighted by atomic mass is 10.1. The third-order valence-electron chi connectivity index (χ3n) is 4.47. The van der Waals surface area contributed by atoms with Gasteiger partial charge in [-0.05, 0) is 36.8 Å². The molecule has 0 atom stereocenters.